The Morgan fingerprint density at radius 2 is 1.71 bits per heavy atom. The first-order valence-electron chi connectivity index (χ1n) is 9.03. The standard InChI is InChI=1S/C22H19N3O3/c26-21(25-19-7-3-4-13-23-19)16-8-10-17(11-9-16)24-22(27)20-18-6-2-1-5-15(18)12-14-28-20/h1-11,13,20H,12,14H2,(H,24,27)(H,23,25,26)/t20-/m0/s1. The maximum atomic E-state index is 12.7. The number of rotatable bonds is 4. The summed E-state index contributed by atoms with van der Waals surface area (Å²) in [6.07, 6.45) is 1.79. The maximum Gasteiger partial charge on any atom is 0.258 e. The van der Waals surface area contributed by atoms with Crippen LogP contribution in [0.25, 0.3) is 0 Å². The predicted molar refractivity (Wildman–Crippen MR) is 106 cm³/mol. The van der Waals surface area contributed by atoms with Crippen molar-refractivity contribution in [2.24, 2.45) is 0 Å². The zero-order chi connectivity index (χ0) is 19.3. The molecule has 0 unspecified atom stereocenters. The van der Waals surface area contributed by atoms with Gasteiger partial charge in [0.2, 0.25) is 0 Å². The van der Waals surface area contributed by atoms with Gasteiger partial charge in [-0.05, 0) is 53.9 Å². The van der Waals surface area contributed by atoms with E-state index in [2.05, 4.69) is 15.6 Å². The summed E-state index contributed by atoms with van der Waals surface area (Å²) in [5.74, 6) is -0.00283. The number of amides is 2. The average molecular weight is 373 g/mol. The lowest BCUT2D eigenvalue weighted by Gasteiger charge is -2.25. The number of benzene rings is 2. The molecule has 3 aromatic rings. The molecule has 0 saturated heterocycles. The van der Waals surface area contributed by atoms with E-state index in [1.807, 2.05) is 24.3 Å². The Morgan fingerprint density at radius 3 is 2.50 bits per heavy atom. The van der Waals surface area contributed by atoms with Gasteiger partial charge in [0.25, 0.3) is 11.8 Å². The summed E-state index contributed by atoms with van der Waals surface area (Å²) in [6.45, 7) is 0.516. The third-order valence-electron chi connectivity index (χ3n) is 4.55. The van der Waals surface area contributed by atoms with Crippen LogP contribution < -0.4 is 10.6 Å². The van der Waals surface area contributed by atoms with E-state index in [-0.39, 0.29) is 11.8 Å². The topological polar surface area (TPSA) is 80.3 Å². The molecule has 0 radical (unpaired) electrons. The van der Waals surface area contributed by atoms with E-state index < -0.39 is 6.10 Å². The molecule has 6 nitrogen and oxygen atoms in total. The smallest absolute Gasteiger partial charge is 0.258 e. The van der Waals surface area contributed by atoms with Gasteiger partial charge < -0.3 is 15.4 Å². The number of carbonyl (C=O) groups excluding carboxylic acids is 2. The zero-order valence-corrected chi connectivity index (χ0v) is 15.1. The number of nitrogens with one attached hydrogen (secondary N) is 2. The molecule has 140 valence electrons. The summed E-state index contributed by atoms with van der Waals surface area (Å²) in [5, 5.41) is 5.58. The number of carbonyl (C=O) groups is 2. The van der Waals surface area contributed by atoms with E-state index in [4.69, 9.17) is 4.74 Å². The van der Waals surface area contributed by atoms with E-state index in [1.54, 1.807) is 48.7 Å². The van der Waals surface area contributed by atoms with E-state index in [0.717, 1.165) is 17.5 Å². The van der Waals surface area contributed by atoms with E-state index in [0.29, 0.717) is 23.7 Å². The molecule has 0 spiro atoms. The SMILES string of the molecule is O=C(Nc1ccccn1)c1ccc(NC(=O)[C@H]2OCCc3ccccc32)cc1. The molecule has 2 N–H and O–H groups in total. The highest BCUT2D eigenvalue weighted by Crippen LogP contribution is 2.28. The van der Waals surface area contributed by atoms with Crippen molar-refractivity contribution < 1.29 is 14.3 Å². The van der Waals surface area contributed by atoms with Crippen molar-refractivity contribution in [2.45, 2.75) is 12.5 Å². The molecule has 2 amide bonds. The van der Waals surface area contributed by atoms with Gasteiger partial charge in [0.1, 0.15) is 5.82 Å². The first-order chi connectivity index (χ1) is 13.7. The van der Waals surface area contributed by atoms with Crippen LogP contribution in [-0.4, -0.2) is 23.4 Å². The quantitative estimate of drug-likeness (QED) is 0.732. The third kappa shape index (κ3) is 3.92. The van der Waals surface area contributed by atoms with Crippen LogP contribution in [-0.2, 0) is 16.0 Å². The summed E-state index contributed by atoms with van der Waals surface area (Å²) in [4.78, 5) is 29.0. The van der Waals surface area contributed by atoms with Gasteiger partial charge in [-0.3, -0.25) is 9.59 Å². The Balaban J connectivity index is 1.42. The number of pyridine rings is 1. The number of fused-ring (bicyclic) bond motifs is 1. The van der Waals surface area contributed by atoms with Crippen LogP contribution in [0.15, 0.2) is 72.9 Å². The fraction of sp³-hybridized carbons (Fsp3) is 0.136. The Labute approximate surface area is 162 Å². The van der Waals surface area contributed by atoms with Gasteiger partial charge in [-0.1, -0.05) is 30.3 Å². The van der Waals surface area contributed by atoms with Crippen molar-refractivity contribution in [3.05, 3.63) is 89.6 Å². The minimum atomic E-state index is -0.628. The number of anilines is 2. The lowest BCUT2D eigenvalue weighted by atomic mass is 9.97. The monoisotopic (exact) mass is 373 g/mol. The zero-order valence-electron chi connectivity index (χ0n) is 15.1. The van der Waals surface area contributed by atoms with E-state index in [9.17, 15) is 9.59 Å². The maximum absolute atomic E-state index is 12.7. The highest BCUT2D eigenvalue weighted by atomic mass is 16.5. The second kappa shape index (κ2) is 8.02. The number of ether oxygens (including phenoxy) is 1. The number of hydrogen-bond donors (Lipinski definition) is 2. The molecule has 2 aromatic carbocycles. The first-order valence-corrected chi connectivity index (χ1v) is 9.03. The van der Waals surface area contributed by atoms with Crippen molar-refractivity contribution >= 4 is 23.3 Å². The van der Waals surface area contributed by atoms with E-state index in [1.165, 1.54) is 0 Å². The molecule has 1 aliphatic heterocycles. The molecular formula is C22H19N3O3. The molecule has 2 heterocycles. The fourth-order valence-electron chi connectivity index (χ4n) is 3.15. The van der Waals surface area contributed by atoms with Gasteiger partial charge >= 0.3 is 0 Å². The van der Waals surface area contributed by atoms with Gasteiger partial charge in [-0.25, -0.2) is 4.98 Å². The van der Waals surface area contributed by atoms with Crippen LogP contribution in [0.3, 0.4) is 0 Å². The number of aromatic nitrogens is 1. The van der Waals surface area contributed by atoms with Crippen LogP contribution in [0.4, 0.5) is 11.5 Å². The van der Waals surface area contributed by atoms with Crippen molar-refractivity contribution in [1.29, 1.82) is 0 Å². The van der Waals surface area contributed by atoms with Crippen LogP contribution in [0, 0.1) is 0 Å². The molecule has 0 bridgehead atoms. The van der Waals surface area contributed by atoms with Crippen LogP contribution in [0.2, 0.25) is 0 Å². The molecule has 0 fully saturated rings. The van der Waals surface area contributed by atoms with E-state index >= 15 is 0 Å². The fourth-order valence-corrected chi connectivity index (χ4v) is 3.15. The van der Waals surface area contributed by atoms with Gasteiger partial charge in [0.15, 0.2) is 6.10 Å². The Hall–Kier alpha value is -3.51. The summed E-state index contributed by atoms with van der Waals surface area (Å²) in [6, 6.07) is 19.8. The normalized spacial score (nSPS) is 15.4. The second-order valence-corrected chi connectivity index (χ2v) is 6.44. The van der Waals surface area contributed by atoms with Gasteiger partial charge in [0.05, 0.1) is 6.61 Å². The summed E-state index contributed by atoms with van der Waals surface area (Å²) >= 11 is 0. The average Bonchev–Trinajstić information content (AvgIpc) is 2.74. The molecule has 0 saturated carbocycles. The Kier molecular flexibility index (Phi) is 5.12. The van der Waals surface area contributed by atoms with Crippen molar-refractivity contribution in [1.82, 2.24) is 4.98 Å². The molecule has 28 heavy (non-hydrogen) atoms. The van der Waals surface area contributed by atoms with Gasteiger partial charge in [0, 0.05) is 17.4 Å². The van der Waals surface area contributed by atoms with Crippen LogP contribution in [0.1, 0.15) is 27.6 Å². The molecule has 6 heteroatoms. The van der Waals surface area contributed by atoms with Crippen LogP contribution >= 0.6 is 0 Å². The first kappa shape index (κ1) is 17.9. The molecule has 4 rings (SSSR count). The lowest BCUT2D eigenvalue weighted by Crippen LogP contribution is -2.28. The largest absolute Gasteiger partial charge is 0.363 e. The van der Waals surface area contributed by atoms with Crippen molar-refractivity contribution in [2.75, 3.05) is 17.2 Å². The lowest BCUT2D eigenvalue weighted by molar-refractivity contribution is -0.128. The number of nitrogens with zero attached hydrogens (tertiary/aromatic N) is 1. The van der Waals surface area contributed by atoms with Crippen molar-refractivity contribution in [3.63, 3.8) is 0 Å². The number of hydrogen-bond acceptors (Lipinski definition) is 4. The highest BCUT2D eigenvalue weighted by molar-refractivity contribution is 6.04. The third-order valence-corrected chi connectivity index (χ3v) is 4.55. The predicted octanol–water partition coefficient (Wildman–Crippen LogP) is 3.59. The van der Waals surface area contributed by atoms with Gasteiger partial charge in [-0.2, -0.15) is 0 Å². The van der Waals surface area contributed by atoms with Gasteiger partial charge in [-0.15, -0.1) is 0 Å². The summed E-state index contributed by atoms with van der Waals surface area (Å²) in [5.41, 5.74) is 3.11. The minimum Gasteiger partial charge on any atom is -0.363 e. The summed E-state index contributed by atoms with van der Waals surface area (Å²) in [7, 11) is 0. The van der Waals surface area contributed by atoms with Crippen LogP contribution in [0.5, 0.6) is 0 Å². The molecule has 1 aromatic heterocycles. The molecule has 1 atom stereocenters. The molecule has 0 aliphatic carbocycles. The summed E-state index contributed by atoms with van der Waals surface area (Å²) < 4.78 is 5.68. The minimum absolute atomic E-state index is 0.224. The highest BCUT2D eigenvalue weighted by Gasteiger charge is 2.27. The molecular weight excluding hydrogens is 354 g/mol. The Morgan fingerprint density at radius 1 is 0.929 bits per heavy atom. The Bertz CT molecular complexity index is 987. The van der Waals surface area contributed by atoms with Crippen molar-refractivity contribution in [3.8, 4) is 0 Å². The second-order valence-electron chi connectivity index (χ2n) is 6.44. The molecule has 1 aliphatic rings.